The van der Waals surface area contributed by atoms with Gasteiger partial charge in [-0.1, -0.05) is 30.3 Å². The van der Waals surface area contributed by atoms with Gasteiger partial charge in [0.05, 0.1) is 5.60 Å². The molecular weight excluding hydrogens is 174 g/mol. The summed E-state index contributed by atoms with van der Waals surface area (Å²) in [5, 5.41) is 0. The third kappa shape index (κ3) is 3.13. The van der Waals surface area contributed by atoms with Crippen LogP contribution in [0.25, 0.3) is 0 Å². The van der Waals surface area contributed by atoms with Gasteiger partial charge in [-0.3, -0.25) is 0 Å². The molecule has 14 heavy (non-hydrogen) atoms. The molecule has 78 valence electrons. The van der Waals surface area contributed by atoms with E-state index < -0.39 is 0 Å². The minimum absolute atomic E-state index is 0.185. The summed E-state index contributed by atoms with van der Waals surface area (Å²) >= 11 is 0. The number of benzene rings is 1. The van der Waals surface area contributed by atoms with Crippen LogP contribution in [0.2, 0.25) is 0 Å². The Hall–Kier alpha value is -0.860. The molecule has 1 aromatic carbocycles. The highest BCUT2D eigenvalue weighted by atomic mass is 16.5. The summed E-state index contributed by atoms with van der Waals surface area (Å²) in [4.78, 5) is 0. The third-order valence-corrected chi connectivity index (χ3v) is 2.71. The van der Waals surface area contributed by atoms with Crippen LogP contribution >= 0.6 is 0 Å². The molecule has 0 amide bonds. The van der Waals surface area contributed by atoms with Crippen LogP contribution in [0.5, 0.6) is 0 Å². The van der Waals surface area contributed by atoms with Gasteiger partial charge in [-0.05, 0) is 25.3 Å². The Kier molecular flexibility index (Phi) is 4.11. The fourth-order valence-electron chi connectivity index (χ4n) is 1.34. The van der Waals surface area contributed by atoms with Crippen molar-refractivity contribution in [3.63, 3.8) is 0 Å². The zero-order valence-electron chi connectivity index (χ0n) is 8.99. The predicted molar refractivity (Wildman–Crippen MR) is 59.2 cm³/mol. The fourth-order valence-corrected chi connectivity index (χ4v) is 1.34. The maximum absolute atomic E-state index is 5.66. The molecule has 0 aliphatic heterocycles. The van der Waals surface area contributed by atoms with Crippen molar-refractivity contribution in [1.29, 1.82) is 0 Å². The molecule has 0 spiro atoms. The van der Waals surface area contributed by atoms with E-state index in [-0.39, 0.29) is 5.60 Å². The highest BCUT2D eigenvalue weighted by Gasteiger charge is 2.20. The Balaban J connectivity index is 2.48. The van der Waals surface area contributed by atoms with E-state index in [9.17, 15) is 0 Å². The number of aryl methyl sites for hydroxylation is 1. The standard InChI is InChI=1S/C12H19NO/c1-12(10-13,14-2)9-8-11-6-4-3-5-7-11/h3-7H,8-10,13H2,1-2H3. The van der Waals surface area contributed by atoms with Crippen molar-refractivity contribution in [1.82, 2.24) is 0 Å². The highest BCUT2D eigenvalue weighted by molar-refractivity contribution is 5.15. The van der Waals surface area contributed by atoms with E-state index in [1.807, 2.05) is 6.07 Å². The number of hydrogen-bond donors (Lipinski definition) is 1. The van der Waals surface area contributed by atoms with Gasteiger partial charge in [-0.15, -0.1) is 0 Å². The van der Waals surface area contributed by atoms with Crippen molar-refractivity contribution < 1.29 is 4.74 Å². The van der Waals surface area contributed by atoms with E-state index in [0.29, 0.717) is 6.54 Å². The minimum atomic E-state index is -0.185. The summed E-state index contributed by atoms with van der Waals surface area (Å²) in [6.07, 6.45) is 1.98. The molecule has 0 fully saturated rings. The van der Waals surface area contributed by atoms with Crippen LogP contribution in [0.15, 0.2) is 30.3 Å². The second kappa shape index (κ2) is 5.13. The number of ether oxygens (including phenoxy) is 1. The molecule has 1 rings (SSSR count). The van der Waals surface area contributed by atoms with Crippen LogP contribution in [-0.2, 0) is 11.2 Å². The van der Waals surface area contributed by atoms with Gasteiger partial charge in [0.25, 0.3) is 0 Å². The normalized spacial score (nSPS) is 15.1. The fraction of sp³-hybridized carbons (Fsp3) is 0.500. The lowest BCUT2D eigenvalue weighted by Gasteiger charge is -2.26. The van der Waals surface area contributed by atoms with Crippen molar-refractivity contribution in [2.45, 2.75) is 25.4 Å². The van der Waals surface area contributed by atoms with Gasteiger partial charge in [0, 0.05) is 13.7 Å². The lowest BCUT2D eigenvalue weighted by molar-refractivity contribution is 0.00705. The molecule has 2 N–H and O–H groups in total. The van der Waals surface area contributed by atoms with Gasteiger partial charge >= 0.3 is 0 Å². The van der Waals surface area contributed by atoms with E-state index >= 15 is 0 Å². The molecule has 0 saturated carbocycles. The maximum atomic E-state index is 5.66. The Bertz CT molecular complexity index is 254. The molecular formula is C12H19NO. The molecule has 0 radical (unpaired) electrons. The lowest BCUT2D eigenvalue weighted by atomic mass is 9.97. The Morgan fingerprint density at radius 1 is 1.29 bits per heavy atom. The van der Waals surface area contributed by atoms with Crippen LogP contribution < -0.4 is 5.73 Å². The summed E-state index contributed by atoms with van der Waals surface area (Å²) in [5.74, 6) is 0. The first-order chi connectivity index (χ1) is 6.70. The van der Waals surface area contributed by atoms with Crippen LogP contribution in [0.4, 0.5) is 0 Å². The molecule has 0 aliphatic carbocycles. The van der Waals surface area contributed by atoms with Gasteiger partial charge in [-0.2, -0.15) is 0 Å². The quantitative estimate of drug-likeness (QED) is 0.776. The topological polar surface area (TPSA) is 35.2 Å². The summed E-state index contributed by atoms with van der Waals surface area (Å²) < 4.78 is 5.38. The van der Waals surface area contributed by atoms with Crippen LogP contribution in [0.1, 0.15) is 18.9 Å². The largest absolute Gasteiger partial charge is 0.377 e. The molecule has 2 nitrogen and oxygen atoms in total. The average molecular weight is 193 g/mol. The van der Waals surface area contributed by atoms with Gasteiger partial charge < -0.3 is 10.5 Å². The lowest BCUT2D eigenvalue weighted by Crippen LogP contribution is -2.36. The van der Waals surface area contributed by atoms with Crippen LogP contribution in [0, 0.1) is 0 Å². The Morgan fingerprint density at radius 2 is 1.93 bits per heavy atom. The van der Waals surface area contributed by atoms with Crippen molar-refractivity contribution in [3.8, 4) is 0 Å². The second-order valence-corrected chi connectivity index (χ2v) is 3.84. The van der Waals surface area contributed by atoms with Gasteiger partial charge in [-0.25, -0.2) is 0 Å². The highest BCUT2D eigenvalue weighted by Crippen LogP contribution is 2.16. The molecule has 0 saturated heterocycles. The first kappa shape index (κ1) is 11.2. The number of hydrogen-bond acceptors (Lipinski definition) is 2. The molecule has 2 heteroatoms. The van der Waals surface area contributed by atoms with E-state index in [4.69, 9.17) is 10.5 Å². The van der Waals surface area contributed by atoms with E-state index in [2.05, 4.69) is 31.2 Å². The number of rotatable bonds is 5. The third-order valence-electron chi connectivity index (χ3n) is 2.71. The molecule has 0 bridgehead atoms. The molecule has 0 heterocycles. The monoisotopic (exact) mass is 193 g/mol. The zero-order chi connectivity index (χ0) is 10.4. The smallest absolute Gasteiger partial charge is 0.0775 e. The predicted octanol–water partition coefficient (Wildman–Crippen LogP) is 1.98. The minimum Gasteiger partial charge on any atom is -0.377 e. The van der Waals surface area contributed by atoms with Crippen molar-refractivity contribution in [2.75, 3.05) is 13.7 Å². The van der Waals surface area contributed by atoms with Crippen molar-refractivity contribution in [3.05, 3.63) is 35.9 Å². The summed E-state index contributed by atoms with van der Waals surface area (Å²) in [5.41, 5.74) is 6.81. The summed E-state index contributed by atoms with van der Waals surface area (Å²) in [6.45, 7) is 2.62. The van der Waals surface area contributed by atoms with Crippen molar-refractivity contribution in [2.24, 2.45) is 5.73 Å². The Labute approximate surface area is 86.1 Å². The Morgan fingerprint density at radius 3 is 2.43 bits per heavy atom. The van der Waals surface area contributed by atoms with Crippen molar-refractivity contribution >= 4 is 0 Å². The first-order valence-electron chi connectivity index (χ1n) is 4.99. The molecule has 0 aromatic heterocycles. The van der Waals surface area contributed by atoms with Gasteiger partial charge in [0.2, 0.25) is 0 Å². The van der Waals surface area contributed by atoms with E-state index in [0.717, 1.165) is 12.8 Å². The van der Waals surface area contributed by atoms with Gasteiger partial charge in [0.1, 0.15) is 0 Å². The van der Waals surface area contributed by atoms with E-state index in [1.165, 1.54) is 5.56 Å². The number of nitrogens with two attached hydrogens (primary N) is 1. The maximum Gasteiger partial charge on any atom is 0.0775 e. The summed E-state index contributed by atoms with van der Waals surface area (Å²) in [6, 6.07) is 10.4. The number of methoxy groups -OCH3 is 1. The van der Waals surface area contributed by atoms with Crippen LogP contribution in [-0.4, -0.2) is 19.3 Å². The molecule has 1 unspecified atom stereocenters. The van der Waals surface area contributed by atoms with E-state index in [1.54, 1.807) is 7.11 Å². The summed E-state index contributed by atoms with van der Waals surface area (Å²) in [7, 11) is 1.72. The average Bonchev–Trinajstić information content (AvgIpc) is 2.27. The van der Waals surface area contributed by atoms with Crippen LogP contribution in [0.3, 0.4) is 0 Å². The molecule has 1 aromatic rings. The first-order valence-corrected chi connectivity index (χ1v) is 4.99. The molecule has 0 aliphatic rings. The molecule has 1 atom stereocenters. The zero-order valence-corrected chi connectivity index (χ0v) is 8.99. The second-order valence-electron chi connectivity index (χ2n) is 3.84. The van der Waals surface area contributed by atoms with Gasteiger partial charge in [0.15, 0.2) is 0 Å². The SMILES string of the molecule is COC(C)(CN)CCc1ccccc1.